The first-order valence-electron chi connectivity index (χ1n) is 8.12. The normalized spacial score (nSPS) is 22.9. The number of nitrogens with one attached hydrogen (secondary N) is 1. The highest BCUT2D eigenvalue weighted by Gasteiger charge is 2.41. The summed E-state index contributed by atoms with van der Waals surface area (Å²) in [7, 11) is 0. The van der Waals surface area contributed by atoms with Gasteiger partial charge in [0.1, 0.15) is 12.1 Å². The molecule has 0 bridgehead atoms. The lowest BCUT2D eigenvalue weighted by Crippen LogP contribution is -2.38. The van der Waals surface area contributed by atoms with E-state index in [1.165, 1.54) is 11.0 Å². The molecule has 134 valence electrons. The number of hydrogen-bond donors (Lipinski definition) is 2. The lowest BCUT2D eigenvalue weighted by atomic mass is 9.85. The van der Waals surface area contributed by atoms with Crippen LogP contribution in [0.1, 0.15) is 46.0 Å². The number of nitrogen functional groups attached to an aromatic ring is 1. The van der Waals surface area contributed by atoms with E-state index in [1.807, 2.05) is 13.8 Å². The highest BCUT2D eigenvalue weighted by molar-refractivity contribution is 5.57. The summed E-state index contributed by atoms with van der Waals surface area (Å²) in [4.78, 5) is 3.92. The third kappa shape index (κ3) is 4.10. The van der Waals surface area contributed by atoms with Crippen molar-refractivity contribution in [3.63, 3.8) is 0 Å². The zero-order valence-corrected chi connectivity index (χ0v) is 14.0. The fourth-order valence-corrected chi connectivity index (χ4v) is 2.94. The second-order valence-electron chi connectivity index (χ2n) is 6.20. The van der Waals surface area contributed by atoms with Gasteiger partial charge in [-0.15, -0.1) is 0 Å². The molecule has 0 atom stereocenters. The number of rotatable bonds is 5. The highest BCUT2D eigenvalue weighted by Crippen LogP contribution is 2.38. The molecule has 1 fully saturated rings. The van der Waals surface area contributed by atoms with E-state index < -0.39 is 12.1 Å². The van der Waals surface area contributed by atoms with Crippen LogP contribution in [0.2, 0.25) is 0 Å². The van der Waals surface area contributed by atoms with Crippen molar-refractivity contribution in [3.8, 4) is 0 Å². The molecular formula is C16H24F3N5. The summed E-state index contributed by atoms with van der Waals surface area (Å²) in [6, 6.07) is -0.0539. The SMILES string of the molecule is C=C(CC)/C(C)=C(/N[C@H]1CC[C@@H](C(F)(F)F)CC1)n1ncnc1N. The Balaban J connectivity index is 2.17. The van der Waals surface area contributed by atoms with Crippen molar-refractivity contribution >= 4 is 11.8 Å². The Bertz CT molecular complexity index is 609. The molecule has 0 amide bonds. The van der Waals surface area contributed by atoms with E-state index in [4.69, 9.17) is 5.73 Å². The Kier molecular flexibility index (Phi) is 5.56. The summed E-state index contributed by atoms with van der Waals surface area (Å²) < 4.78 is 39.9. The fourth-order valence-electron chi connectivity index (χ4n) is 2.94. The summed E-state index contributed by atoms with van der Waals surface area (Å²) in [6.07, 6.45) is -0.829. The van der Waals surface area contributed by atoms with Crippen LogP contribution in [0.15, 0.2) is 24.1 Å². The number of anilines is 1. The molecule has 24 heavy (non-hydrogen) atoms. The molecule has 0 unspecified atom stereocenters. The average Bonchev–Trinajstić information content (AvgIpc) is 2.96. The highest BCUT2D eigenvalue weighted by atomic mass is 19.4. The molecule has 0 aliphatic heterocycles. The fraction of sp³-hybridized carbons (Fsp3) is 0.625. The minimum absolute atomic E-state index is 0.0539. The second-order valence-corrected chi connectivity index (χ2v) is 6.20. The molecule has 0 spiro atoms. The van der Waals surface area contributed by atoms with Crippen molar-refractivity contribution in [3.05, 3.63) is 24.1 Å². The minimum Gasteiger partial charge on any atom is -0.368 e. The molecular weight excluding hydrogens is 319 g/mol. The lowest BCUT2D eigenvalue weighted by molar-refractivity contribution is -0.182. The van der Waals surface area contributed by atoms with Gasteiger partial charge in [-0.05, 0) is 50.2 Å². The van der Waals surface area contributed by atoms with Gasteiger partial charge in [0, 0.05) is 6.04 Å². The smallest absolute Gasteiger partial charge is 0.368 e. The molecule has 5 nitrogen and oxygen atoms in total. The van der Waals surface area contributed by atoms with Crippen LogP contribution in [0.5, 0.6) is 0 Å². The Hall–Kier alpha value is -1.99. The summed E-state index contributed by atoms with van der Waals surface area (Å²) in [6.45, 7) is 7.91. The lowest BCUT2D eigenvalue weighted by Gasteiger charge is -2.32. The first-order chi connectivity index (χ1) is 11.2. The summed E-state index contributed by atoms with van der Waals surface area (Å²) in [5, 5.41) is 7.43. The predicted octanol–water partition coefficient (Wildman–Crippen LogP) is 3.73. The van der Waals surface area contributed by atoms with Crippen LogP contribution in [-0.4, -0.2) is 27.0 Å². The molecule has 0 saturated heterocycles. The number of aromatic nitrogens is 3. The molecule has 3 N–H and O–H groups in total. The largest absolute Gasteiger partial charge is 0.391 e. The van der Waals surface area contributed by atoms with Crippen molar-refractivity contribution in [2.24, 2.45) is 5.92 Å². The summed E-state index contributed by atoms with van der Waals surface area (Å²) >= 11 is 0. The van der Waals surface area contributed by atoms with Crippen LogP contribution in [0, 0.1) is 5.92 Å². The summed E-state index contributed by atoms with van der Waals surface area (Å²) in [5.41, 5.74) is 7.64. The molecule has 1 heterocycles. The number of halogens is 3. The van der Waals surface area contributed by atoms with Gasteiger partial charge < -0.3 is 11.1 Å². The van der Waals surface area contributed by atoms with Gasteiger partial charge >= 0.3 is 6.18 Å². The van der Waals surface area contributed by atoms with Crippen LogP contribution in [0.4, 0.5) is 19.1 Å². The van der Waals surface area contributed by atoms with Gasteiger partial charge in [-0.1, -0.05) is 13.5 Å². The van der Waals surface area contributed by atoms with Gasteiger partial charge in [0.25, 0.3) is 0 Å². The van der Waals surface area contributed by atoms with E-state index in [0.717, 1.165) is 17.6 Å². The number of nitrogens with zero attached hydrogens (tertiary/aromatic N) is 3. The first-order valence-corrected chi connectivity index (χ1v) is 8.12. The maximum absolute atomic E-state index is 12.8. The quantitative estimate of drug-likeness (QED) is 0.800. The molecule has 1 saturated carbocycles. The van der Waals surface area contributed by atoms with Crippen molar-refractivity contribution < 1.29 is 13.2 Å². The van der Waals surface area contributed by atoms with E-state index in [2.05, 4.69) is 22.0 Å². The Morgan fingerprint density at radius 2 is 2.00 bits per heavy atom. The number of nitrogens with two attached hydrogens (primary N) is 1. The van der Waals surface area contributed by atoms with E-state index in [1.54, 1.807) is 0 Å². The molecule has 1 aromatic rings. The van der Waals surface area contributed by atoms with Gasteiger partial charge in [-0.2, -0.15) is 27.9 Å². The maximum Gasteiger partial charge on any atom is 0.391 e. The maximum atomic E-state index is 12.8. The third-order valence-corrected chi connectivity index (χ3v) is 4.63. The van der Waals surface area contributed by atoms with Crippen molar-refractivity contribution in [2.45, 2.75) is 58.2 Å². The zero-order chi connectivity index (χ0) is 17.9. The van der Waals surface area contributed by atoms with Gasteiger partial charge in [-0.25, -0.2) is 0 Å². The van der Waals surface area contributed by atoms with Crippen LogP contribution >= 0.6 is 0 Å². The topological polar surface area (TPSA) is 68.8 Å². The predicted molar refractivity (Wildman–Crippen MR) is 87.7 cm³/mol. The van der Waals surface area contributed by atoms with E-state index >= 15 is 0 Å². The number of alkyl halides is 3. The minimum atomic E-state index is -4.10. The third-order valence-electron chi connectivity index (χ3n) is 4.63. The average molecular weight is 343 g/mol. The Morgan fingerprint density at radius 3 is 2.46 bits per heavy atom. The summed E-state index contributed by atoms with van der Waals surface area (Å²) in [5.74, 6) is -0.330. The molecule has 2 rings (SSSR count). The molecule has 0 radical (unpaired) electrons. The van der Waals surface area contributed by atoms with Crippen molar-refractivity contribution in [2.75, 3.05) is 5.73 Å². The zero-order valence-electron chi connectivity index (χ0n) is 14.0. The van der Waals surface area contributed by atoms with Crippen LogP contribution in [0.3, 0.4) is 0 Å². The number of hydrogen-bond acceptors (Lipinski definition) is 4. The molecule has 1 aliphatic rings. The van der Waals surface area contributed by atoms with Gasteiger partial charge in [-0.3, -0.25) is 0 Å². The van der Waals surface area contributed by atoms with Crippen LogP contribution in [0.25, 0.3) is 5.82 Å². The first kappa shape index (κ1) is 18.4. The monoisotopic (exact) mass is 343 g/mol. The standard InChI is InChI=1S/C16H24F3N5/c1-4-10(2)11(3)14(24-15(20)21-9-22-24)23-13-7-5-12(6-8-13)16(17,18)19/h9,12-13,23H,2,4-8H2,1,3H3,(H2,20,21,22)/b14-11-/t12-,13+. The Morgan fingerprint density at radius 1 is 1.38 bits per heavy atom. The van der Waals surface area contributed by atoms with E-state index in [-0.39, 0.29) is 24.8 Å². The molecule has 0 aromatic carbocycles. The van der Waals surface area contributed by atoms with Crippen molar-refractivity contribution in [1.82, 2.24) is 20.1 Å². The van der Waals surface area contributed by atoms with Crippen molar-refractivity contribution in [1.29, 1.82) is 0 Å². The molecule has 8 heteroatoms. The van der Waals surface area contributed by atoms with Crippen LogP contribution < -0.4 is 11.1 Å². The molecule has 1 aromatic heterocycles. The second kappa shape index (κ2) is 7.27. The van der Waals surface area contributed by atoms with Gasteiger partial charge in [0.15, 0.2) is 0 Å². The van der Waals surface area contributed by atoms with Gasteiger partial charge in [0.2, 0.25) is 5.95 Å². The number of allylic oxidation sites excluding steroid dienone is 2. The molecule has 1 aliphatic carbocycles. The van der Waals surface area contributed by atoms with Gasteiger partial charge in [0.05, 0.1) is 5.92 Å². The van der Waals surface area contributed by atoms with Crippen LogP contribution in [-0.2, 0) is 0 Å². The van der Waals surface area contributed by atoms with E-state index in [9.17, 15) is 13.2 Å². The van der Waals surface area contributed by atoms with E-state index in [0.29, 0.717) is 18.7 Å². The Labute approximate surface area is 139 Å².